The summed E-state index contributed by atoms with van der Waals surface area (Å²) in [6.45, 7) is 0. The van der Waals surface area contributed by atoms with Gasteiger partial charge in [0, 0.05) is 26.5 Å². The molecule has 0 saturated carbocycles. The minimum absolute atomic E-state index is 0.244. The van der Waals surface area contributed by atoms with E-state index in [4.69, 9.17) is 4.74 Å². The van der Waals surface area contributed by atoms with Crippen LogP contribution < -0.4 is 15.0 Å². The van der Waals surface area contributed by atoms with E-state index in [9.17, 15) is 4.79 Å². The van der Waals surface area contributed by atoms with Crippen molar-refractivity contribution in [2.45, 2.75) is 0 Å². The molecule has 2 heterocycles. The molecule has 0 aromatic carbocycles. The summed E-state index contributed by atoms with van der Waals surface area (Å²) in [7, 11) is 5.13. The molecule has 2 aromatic heterocycles. The van der Waals surface area contributed by atoms with Gasteiger partial charge in [-0.2, -0.15) is 4.98 Å². The van der Waals surface area contributed by atoms with Gasteiger partial charge in [-0.3, -0.25) is 9.78 Å². The molecule has 0 bridgehead atoms. The summed E-state index contributed by atoms with van der Waals surface area (Å²) in [4.78, 5) is 26.0. The predicted octanol–water partition coefficient (Wildman–Crippen LogP) is 1.20. The number of nitrogens with one attached hydrogen (secondary N) is 1. The maximum Gasteiger partial charge on any atom is 0.318 e. The van der Waals surface area contributed by atoms with Crippen LogP contribution in [0, 0.1) is 0 Å². The van der Waals surface area contributed by atoms with Gasteiger partial charge in [0.2, 0.25) is 0 Å². The molecule has 0 unspecified atom stereocenters. The number of methoxy groups -OCH3 is 1. The Kier molecular flexibility index (Phi) is 4.09. The highest BCUT2D eigenvalue weighted by Gasteiger charge is 2.13. The van der Waals surface area contributed by atoms with Crippen LogP contribution in [0.5, 0.6) is 6.01 Å². The van der Waals surface area contributed by atoms with E-state index >= 15 is 0 Å². The molecule has 0 aliphatic carbocycles. The molecule has 7 nitrogen and oxygen atoms in total. The Bertz CT molecular complexity index is 601. The molecule has 0 radical (unpaired) electrons. The summed E-state index contributed by atoms with van der Waals surface area (Å²) in [5.74, 6) is 0.295. The van der Waals surface area contributed by atoms with Crippen LogP contribution in [0.2, 0.25) is 0 Å². The topological polar surface area (TPSA) is 80.2 Å². The van der Waals surface area contributed by atoms with Crippen LogP contribution in [-0.2, 0) is 0 Å². The van der Waals surface area contributed by atoms with E-state index in [1.165, 1.54) is 19.5 Å². The predicted molar refractivity (Wildman–Crippen MR) is 75.1 cm³/mol. The highest BCUT2D eigenvalue weighted by molar-refractivity contribution is 6.05. The Morgan fingerprint density at radius 3 is 2.75 bits per heavy atom. The van der Waals surface area contributed by atoms with Gasteiger partial charge in [0.15, 0.2) is 5.82 Å². The van der Waals surface area contributed by atoms with Gasteiger partial charge in [-0.1, -0.05) is 0 Å². The average Bonchev–Trinajstić information content (AvgIpc) is 2.48. The van der Waals surface area contributed by atoms with E-state index in [2.05, 4.69) is 20.3 Å². The lowest BCUT2D eigenvalue weighted by Gasteiger charge is -2.16. The fourth-order valence-corrected chi connectivity index (χ4v) is 1.58. The number of hydrogen-bond acceptors (Lipinski definition) is 6. The highest BCUT2D eigenvalue weighted by Crippen LogP contribution is 2.23. The summed E-state index contributed by atoms with van der Waals surface area (Å²) in [5.41, 5.74) is 0.970. The lowest BCUT2D eigenvalue weighted by Crippen LogP contribution is -2.18. The second kappa shape index (κ2) is 5.96. The van der Waals surface area contributed by atoms with E-state index in [-0.39, 0.29) is 11.9 Å². The quantitative estimate of drug-likeness (QED) is 0.901. The van der Waals surface area contributed by atoms with Crippen LogP contribution in [-0.4, -0.2) is 42.1 Å². The van der Waals surface area contributed by atoms with Gasteiger partial charge in [-0.25, -0.2) is 4.98 Å². The first-order valence-electron chi connectivity index (χ1n) is 5.91. The van der Waals surface area contributed by atoms with Crippen LogP contribution in [0.3, 0.4) is 0 Å². The number of rotatable bonds is 4. The summed E-state index contributed by atoms with van der Waals surface area (Å²) in [6.07, 6.45) is 4.61. The first kappa shape index (κ1) is 13.7. The van der Waals surface area contributed by atoms with Gasteiger partial charge in [0.25, 0.3) is 5.91 Å². The number of nitrogens with zero attached hydrogens (tertiary/aromatic N) is 4. The van der Waals surface area contributed by atoms with E-state index in [0.29, 0.717) is 17.1 Å². The molecule has 104 valence electrons. The standard InChI is InChI=1S/C13H15N5O2/c1-18(2)11-10(8-15-13(17-11)20-3)16-12(19)9-5-4-6-14-7-9/h4-8H,1-3H3,(H,16,19). The third-order valence-electron chi connectivity index (χ3n) is 2.52. The summed E-state index contributed by atoms with van der Waals surface area (Å²) in [5, 5.41) is 2.76. The highest BCUT2D eigenvalue weighted by atomic mass is 16.5. The zero-order valence-corrected chi connectivity index (χ0v) is 11.5. The molecule has 0 spiro atoms. The van der Waals surface area contributed by atoms with Crippen molar-refractivity contribution in [2.75, 3.05) is 31.4 Å². The first-order valence-corrected chi connectivity index (χ1v) is 5.91. The number of anilines is 2. The minimum atomic E-state index is -0.269. The molecule has 0 aliphatic rings. The van der Waals surface area contributed by atoms with E-state index in [0.717, 1.165) is 0 Å². The van der Waals surface area contributed by atoms with Crippen LogP contribution in [0.15, 0.2) is 30.7 Å². The molecule has 1 amide bonds. The SMILES string of the molecule is COc1ncc(NC(=O)c2cccnc2)c(N(C)C)n1. The van der Waals surface area contributed by atoms with E-state index in [1.807, 2.05) is 14.1 Å². The van der Waals surface area contributed by atoms with Crippen molar-refractivity contribution in [3.63, 3.8) is 0 Å². The molecule has 1 N–H and O–H groups in total. The van der Waals surface area contributed by atoms with E-state index < -0.39 is 0 Å². The maximum absolute atomic E-state index is 12.1. The number of pyridine rings is 1. The smallest absolute Gasteiger partial charge is 0.318 e. The second-order valence-electron chi connectivity index (χ2n) is 4.18. The Morgan fingerprint density at radius 2 is 2.15 bits per heavy atom. The molecular weight excluding hydrogens is 258 g/mol. The van der Waals surface area contributed by atoms with Crippen molar-refractivity contribution < 1.29 is 9.53 Å². The molecule has 0 fully saturated rings. The number of carbonyl (C=O) groups excluding carboxylic acids is 1. The van der Waals surface area contributed by atoms with Crippen LogP contribution in [0.4, 0.5) is 11.5 Å². The monoisotopic (exact) mass is 273 g/mol. The minimum Gasteiger partial charge on any atom is -0.467 e. The number of carbonyl (C=O) groups is 1. The fraction of sp³-hybridized carbons (Fsp3) is 0.231. The van der Waals surface area contributed by atoms with Crippen molar-refractivity contribution in [1.29, 1.82) is 0 Å². The van der Waals surface area contributed by atoms with Gasteiger partial charge in [-0.05, 0) is 12.1 Å². The van der Waals surface area contributed by atoms with Gasteiger partial charge < -0.3 is 15.0 Å². The lowest BCUT2D eigenvalue weighted by atomic mass is 10.2. The van der Waals surface area contributed by atoms with Crippen molar-refractivity contribution >= 4 is 17.4 Å². The molecular formula is C13H15N5O2. The molecule has 7 heteroatoms. The maximum atomic E-state index is 12.1. The summed E-state index contributed by atoms with van der Waals surface area (Å²) < 4.78 is 4.98. The van der Waals surface area contributed by atoms with Crippen LogP contribution in [0.1, 0.15) is 10.4 Å². The molecule has 2 aromatic rings. The van der Waals surface area contributed by atoms with Gasteiger partial charge in [-0.15, -0.1) is 0 Å². The Morgan fingerprint density at radius 1 is 1.35 bits per heavy atom. The number of aromatic nitrogens is 3. The van der Waals surface area contributed by atoms with Gasteiger partial charge in [0.05, 0.1) is 18.9 Å². The lowest BCUT2D eigenvalue weighted by molar-refractivity contribution is 0.102. The zero-order valence-electron chi connectivity index (χ0n) is 11.5. The summed E-state index contributed by atoms with van der Waals surface area (Å²) >= 11 is 0. The average molecular weight is 273 g/mol. The van der Waals surface area contributed by atoms with Crippen LogP contribution >= 0.6 is 0 Å². The largest absolute Gasteiger partial charge is 0.467 e. The van der Waals surface area contributed by atoms with Gasteiger partial charge >= 0.3 is 6.01 Å². The van der Waals surface area contributed by atoms with Crippen LogP contribution in [0.25, 0.3) is 0 Å². The molecule has 0 aliphatic heterocycles. The van der Waals surface area contributed by atoms with Gasteiger partial charge in [0.1, 0.15) is 5.69 Å². The molecule has 0 saturated heterocycles. The zero-order chi connectivity index (χ0) is 14.5. The normalized spacial score (nSPS) is 9.95. The Balaban J connectivity index is 2.27. The first-order chi connectivity index (χ1) is 9.61. The molecule has 2 rings (SSSR count). The number of ether oxygens (including phenoxy) is 1. The number of hydrogen-bond donors (Lipinski definition) is 1. The van der Waals surface area contributed by atoms with Crippen molar-refractivity contribution in [2.24, 2.45) is 0 Å². The van der Waals surface area contributed by atoms with Crippen molar-refractivity contribution in [3.05, 3.63) is 36.3 Å². The second-order valence-corrected chi connectivity index (χ2v) is 4.18. The Hall–Kier alpha value is -2.70. The van der Waals surface area contributed by atoms with E-state index in [1.54, 1.807) is 23.2 Å². The Labute approximate surface area is 116 Å². The third-order valence-corrected chi connectivity index (χ3v) is 2.52. The number of amides is 1. The third kappa shape index (κ3) is 3.00. The molecule has 0 atom stereocenters. The van der Waals surface area contributed by atoms with Crippen molar-refractivity contribution in [1.82, 2.24) is 15.0 Å². The molecule has 20 heavy (non-hydrogen) atoms. The fourth-order valence-electron chi connectivity index (χ4n) is 1.58. The van der Waals surface area contributed by atoms with Crippen molar-refractivity contribution in [3.8, 4) is 6.01 Å². The summed E-state index contributed by atoms with van der Waals surface area (Å²) in [6, 6.07) is 3.63.